The van der Waals surface area contributed by atoms with Gasteiger partial charge in [0.2, 0.25) is 0 Å². The van der Waals surface area contributed by atoms with E-state index >= 15 is 0 Å². The minimum Gasteiger partial charge on any atom is -0.465 e. The lowest BCUT2D eigenvalue weighted by Crippen LogP contribution is -2.18. The number of hydrogen-bond acceptors (Lipinski definition) is 5. The molecule has 0 aromatic heterocycles. The molecule has 0 heterocycles. The van der Waals surface area contributed by atoms with Crippen molar-refractivity contribution in [2.45, 2.75) is 19.8 Å². The highest BCUT2D eigenvalue weighted by atomic mass is 16.5. The smallest absolute Gasteiger partial charge is 0.302 e. The van der Waals surface area contributed by atoms with E-state index in [1.165, 1.54) is 13.8 Å². The minimum absolute atomic E-state index is 0.102. The molecule has 5 nitrogen and oxygen atoms in total. The summed E-state index contributed by atoms with van der Waals surface area (Å²) in [7, 11) is 0. The molecule has 0 spiro atoms. The highest BCUT2D eigenvalue weighted by Crippen LogP contribution is 2.18. The van der Waals surface area contributed by atoms with E-state index < -0.39 is 11.9 Å². The van der Waals surface area contributed by atoms with E-state index in [1.807, 2.05) is 0 Å². The van der Waals surface area contributed by atoms with E-state index in [0.717, 1.165) is 11.8 Å². The Hall–Kier alpha value is -2.17. The average molecular weight is 264 g/mol. The second-order valence-corrected chi connectivity index (χ2v) is 4.09. The van der Waals surface area contributed by atoms with E-state index in [-0.39, 0.29) is 19.1 Å². The van der Waals surface area contributed by atoms with Crippen molar-refractivity contribution < 1.29 is 23.9 Å². The third-order valence-electron chi connectivity index (χ3n) is 2.49. The van der Waals surface area contributed by atoms with Crippen LogP contribution in [0.25, 0.3) is 0 Å². The molecule has 0 aliphatic rings. The molecule has 0 N–H and O–H groups in total. The second kappa shape index (κ2) is 7.31. The monoisotopic (exact) mass is 264 g/mol. The minimum atomic E-state index is -0.403. The molecule has 0 saturated carbocycles. The molecular formula is C14H16O5. The molecule has 0 bridgehead atoms. The lowest BCUT2D eigenvalue weighted by atomic mass is 9.99. The number of esters is 2. The van der Waals surface area contributed by atoms with Gasteiger partial charge in [0.15, 0.2) is 0 Å². The van der Waals surface area contributed by atoms with Gasteiger partial charge in [-0.1, -0.05) is 18.2 Å². The molecule has 0 saturated heterocycles. The molecule has 0 atom stereocenters. The van der Waals surface area contributed by atoms with Gasteiger partial charge in [0.05, 0.1) is 5.92 Å². The van der Waals surface area contributed by atoms with Gasteiger partial charge in [-0.25, -0.2) is 0 Å². The molecular weight excluding hydrogens is 248 g/mol. The molecule has 1 aromatic carbocycles. The molecule has 19 heavy (non-hydrogen) atoms. The van der Waals surface area contributed by atoms with Gasteiger partial charge >= 0.3 is 11.9 Å². The van der Waals surface area contributed by atoms with Crippen molar-refractivity contribution in [2.24, 2.45) is 0 Å². The van der Waals surface area contributed by atoms with Gasteiger partial charge in [-0.05, 0) is 11.6 Å². The molecule has 5 heteroatoms. The summed E-state index contributed by atoms with van der Waals surface area (Å²) in [5.74, 6) is -1.09. The third-order valence-corrected chi connectivity index (χ3v) is 2.49. The zero-order chi connectivity index (χ0) is 14.3. The molecule has 0 unspecified atom stereocenters. The molecule has 0 fully saturated rings. The van der Waals surface area contributed by atoms with Gasteiger partial charge < -0.3 is 9.47 Å². The fourth-order valence-electron chi connectivity index (χ4n) is 1.56. The van der Waals surface area contributed by atoms with Crippen LogP contribution in [0.5, 0.6) is 0 Å². The highest BCUT2D eigenvalue weighted by Gasteiger charge is 2.15. The van der Waals surface area contributed by atoms with E-state index in [2.05, 4.69) is 0 Å². The predicted octanol–water partition coefficient (Wildman–Crippen LogP) is 1.71. The van der Waals surface area contributed by atoms with E-state index in [1.54, 1.807) is 24.3 Å². The summed E-state index contributed by atoms with van der Waals surface area (Å²) < 4.78 is 9.89. The van der Waals surface area contributed by atoms with Gasteiger partial charge in [0.1, 0.15) is 19.5 Å². The topological polar surface area (TPSA) is 69.7 Å². The van der Waals surface area contributed by atoms with Crippen LogP contribution in [0.3, 0.4) is 0 Å². The van der Waals surface area contributed by atoms with E-state index in [9.17, 15) is 14.4 Å². The Bertz CT molecular complexity index is 449. The lowest BCUT2D eigenvalue weighted by molar-refractivity contribution is -0.144. The van der Waals surface area contributed by atoms with Crippen LogP contribution in [0.1, 0.15) is 35.7 Å². The van der Waals surface area contributed by atoms with Crippen molar-refractivity contribution in [1.29, 1.82) is 0 Å². The maximum atomic E-state index is 10.9. The Morgan fingerprint density at radius 3 is 2.21 bits per heavy atom. The van der Waals surface area contributed by atoms with Crippen LogP contribution in [0, 0.1) is 0 Å². The molecule has 0 radical (unpaired) electrons. The summed E-state index contributed by atoms with van der Waals surface area (Å²) in [4.78, 5) is 32.5. The molecule has 1 aromatic rings. The van der Waals surface area contributed by atoms with Crippen LogP contribution in [0.4, 0.5) is 0 Å². The maximum absolute atomic E-state index is 10.9. The quantitative estimate of drug-likeness (QED) is 0.578. The molecule has 0 aliphatic heterocycles. The first-order valence-corrected chi connectivity index (χ1v) is 5.84. The van der Waals surface area contributed by atoms with Crippen LogP contribution >= 0.6 is 0 Å². The standard InChI is InChI=1S/C14H16O5/c1-10(16)18-8-14(9-19-11(2)17)13-5-3-4-12(6-13)7-15/h3-7,14H,8-9H2,1-2H3. The summed E-state index contributed by atoms with van der Waals surface area (Å²) >= 11 is 0. The fraction of sp³-hybridized carbons (Fsp3) is 0.357. The highest BCUT2D eigenvalue weighted by molar-refractivity contribution is 5.75. The van der Waals surface area contributed by atoms with Crippen LogP contribution in [0.15, 0.2) is 24.3 Å². The van der Waals surface area contributed by atoms with E-state index in [4.69, 9.17) is 9.47 Å². The number of hydrogen-bond donors (Lipinski definition) is 0. The molecule has 0 amide bonds. The van der Waals surface area contributed by atoms with Gasteiger partial charge in [0, 0.05) is 19.4 Å². The normalized spacial score (nSPS) is 10.1. The van der Waals surface area contributed by atoms with Gasteiger partial charge in [-0.15, -0.1) is 0 Å². The van der Waals surface area contributed by atoms with Crippen LogP contribution < -0.4 is 0 Å². The lowest BCUT2D eigenvalue weighted by Gasteiger charge is -2.17. The summed E-state index contributed by atoms with van der Waals surface area (Å²) in [5.41, 5.74) is 1.31. The number of carbonyl (C=O) groups excluding carboxylic acids is 3. The maximum Gasteiger partial charge on any atom is 0.302 e. The number of ether oxygens (including phenoxy) is 2. The first-order chi connectivity index (χ1) is 9.02. The fourth-order valence-corrected chi connectivity index (χ4v) is 1.56. The van der Waals surface area contributed by atoms with Gasteiger partial charge in [-0.2, -0.15) is 0 Å². The number of benzene rings is 1. The number of carbonyl (C=O) groups is 3. The molecule has 102 valence electrons. The van der Waals surface area contributed by atoms with Crippen molar-refractivity contribution in [1.82, 2.24) is 0 Å². The Kier molecular flexibility index (Phi) is 5.73. The van der Waals surface area contributed by atoms with Crippen molar-refractivity contribution in [2.75, 3.05) is 13.2 Å². The van der Waals surface area contributed by atoms with Gasteiger partial charge in [0.25, 0.3) is 0 Å². The first kappa shape index (κ1) is 14.9. The van der Waals surface area contributed by atoms with Crippen molar-refractivity contribution in [3.63, 3.8) is 0 Å². The van der Waals surface area contributed by atoms with Crippen LogP contribution in [-0.2, 0) is 19.1 Å². The summed E-state index contributed by atoms with van der Waals surface area (Å²) in [6.07, 6.45) is 0.734. The summed E-state index contributed by atoms with van der Waals surface area (Å²) in [6, 6.07) is 6.88. The SMILES string of the molecule is CC(=O)OCC(COC(C)=O)c1cccc(C=O)c1. The number of aldehydes is 1. The molecule has 0 aliphatic carbocycles. The first-order valence-electron chi connectivity index (χ1n) is 5.84. The van der Waals surface area contributed by atoms with Crippen molar-refractivity contribution >= 4 is 18.2 Å². The van der Waals surface area contributed by atoms with Crippen LogP contribution in [0.2, 0.25) is 0 Å². The zero-order valence-electron chi connectivity index (χ0n) is 10.9. The second-order valence-electron chi connectivity index (χ2n) is 4.09. The van der Waals surface area contributed by atoms with Crippen molar-refractivity contribution in [3.8, 4) is 0 Å². The predicted molar refractivity (Wildman–Crippen MR) is 67.8 cm³/mol. The largest absolute Gasteiger partial charge is 0.465 e. The average Bonchev–Trinajstić information content (AvgIpc) is 2.38. The van der Waals surface area contributed by atoms with Crippen LogP contribution in [-0.4, -0.2) is 31.4 Å². The Balaban J connectivity index is 2.82. The zero-order valence-corrected chi connectivity index (χ0v) is 10.9. The molecule has 1 rings (SSSR count). The summed E-state index contributed by atoms with van der Waals surface area (Å²) in [5, 5.41) is 0. The number of rotatable bonds is 6. The Morgan fingerprint density at radius 1 is 1.16 bits per heavy atom. The summed E-state index contributed by atoms with van der Waals surface area (Å²) in [6.45, 7) is 2.82. The Labute approximate surface area is 111 Å². The third kappa shape index (κ3) is 5.33. The van der Waals surface area contributed by atoms with Gasteiger partial charge in [-0.3, -0.25) is 14.4 Å². The van der Waals surface area contributed by atoms with Crippen molar-refractivity contribution in [3.05, 3.63) is 35.4 Å². The Morgan fingerprint density at radius 2 is 1.74 bits per heavy atom. The van der Waals surface area contributed by atoms with E-state index in [0.29, 0.717) is 5.56 Å².